The molecule has 0 bridgehead atoms. The lowest BCUT2D eigenvalue weighted by molar-refractivity contribution is -0.131. The van der Waals surface area contributed by atoms with E-state index in [0.717, 1.165) is 17.4 Å². The van der Waals surface area contributed by atoms with Gasteiger partial charge in [-0.3, -0.25) is 9.69 Å². The Kier molecular flexibility index (Phi) is 7.59. The van der Waals surface area contributed by atoms with Crippen LogP contribution < -0.4 is 0 Å². The molecule has 0 aliphatic rings. The second-order valence-corrected chi connectivity index (χ2v) is 6.18. The predicted octanol–water partition coefficient (Wildman–Crippen LogP) is 3.42. The van der Waals surface area contributed by atoms with E-state index in [1.54, 1.807) is 28.4 Å². The molecule has 0 fully saturated rings. The van der Waals surface area contributed by atoms with Crippen LogP contribution in [0.5, 0.6) is 0 Å². The number of amides is 1. The van der Waals surface area contributed by atoms with Crippen LogP contribution in [-0.2, 0) is 11.3 Å². The third-order valence-electron chi connectivity index (χ3n) is 2.87. The van der Waals surface area contributed by atoms with Crippen molar-refractivity contribution in [2.45, 2.75) is 13.5 Å². The SMILES string of the molecule is C=CCN(CC=C)C(=O)CN(CC)Cc1ccc(Cl)s1. The maximum absolute atomic E-state index is 12.3. The molecule has 1 aromatic rings. The number of hydrogen-bond acceptors (Lipinski definition) is 3. The minimum Gasteiger partial charge on any atom is -0.334 e. The minimum absolute atomic E-state index is 0.0919. The van der Waals surface area contributed by atoms with Crippen molar-refractivity contribution in [2.24, 2.45) is 0 Å². The molecule has 1 rings (SSSR count). The molecule has 0 spiro atoms. The summed E-state index contributed by atoms with van der Waals surface area (Å²) in [6.07, 6.45) is 3.47. The Morgan fingerprint density at radius 1 is 1.35 bits per heavy atom. The molecular formula is C15H21ClN2OS. The first kappa shape index (κ1) is 17.0. The second kappa shape index (κ2) is 8.95. The van der Waals surface area contributed by atoms with Crippen LogP contribution in [0, 0.1) is 0 Å². The normalized spacial score (nSPS) is 10.6. The van der Waals surface area contributed by atoms with Crippen LogP contribution >= 0.6 is 22.9 Å². The fourth-order valence-electron chi connectivity index (χ4n) is 1.82. The molecule has 0 unspecified atom stereocenters. The molecule has 3 nitrogen and oxygen atoms in total. The van der Waals surface area contributed by atoms with Crippen LogP contribution in [0.2, 0.25) is 4.34 Å². The highest BCUT2D eigenvalue weighted by atomic mass is 35.5. The molecule has 0 N–H and O–H groups in total. The van der Waals surface area contributed by atoms with Gasteiger partial charge in [-0.2, -0.15) is 0 Å². The smallest absolute Gasteiger partial charge is 0.237 e. The van der Waals surface area contributed by atoms with Crippen LogP contribution in [0.4, 0.5) is 0 Å². The zero-order valence-corrected chi connectivity index (χ0v) is 13.4. The van der Waals surface area contributed by atoms with Gasteiger partial charge in [0.15, 0.2) is 0 Å². The van der Waals surface area contributed by atoms with Gasteiger partial charge in [-0.15, -0.1) is 24.5 Å². The van der Waals surface area contributed by atoms with Crippen LogP contribution in [0.1, 0.15) is 11.8 Å². The molecule has 0 atom stereocenters. The van der Waals surface area contributed by atoms with Gasteiger partial charge in [-0.25, -0.2) is 0 Å². The Labute approximate surface area is 130 Å². The summed E-state index contributed by atoms with van der Waals surface area (Å²) < 4.78 is 0.780. The van der Waals surface area contributed by atoms with Gasteiger partial charge in [-0.05, 0) is 18.7 Å². The van der Waals surface area contributed by atoms with Gasteiger partial charge in [0.1, 0.15) is 0 Å². The molecule has 1 aromatic heterocycles. The second-order valence-electron chi connectivity index (χ2n) is 4.39. The topological polar surface area (TPSA) is 23.6 Å². The van der Waals surface area contributed by atoms with E-state index in [0.29, 0.717) is 19.6 Å². The maximum atomic E-state index is 12.3. The van der Waals surface area contributed by atoms with Crippen molar-refractivity contribution in [3.05, 3.63) is 46.7 Å². The number of carbonyl (C=O) groups is 1. The maximum Gasteiger partial charge on any atom is 0.237 e. The standard InChI is InChI=1S/C15H21ClN2OS/c1-4-9-18(10-5-2)15(19)12-17(6-3)11-13-7-8-14(16)20-13/h4-5,7-8H,1-2,6,9-12H2,3H3. The number of hydrogen-bond donors (Lipinski definition) is 0. The van der Waals surface area contributed by atoms with Gasteiger partial charge in [0.2, 0.25) is 5.91 Å². The van der Waals surface area contributed by atoms with Crippen molar-refractivity contribution in [1.29, 1.82) is 0 Å². The van der Waals surface area contributed by atoms with Gasteiger partial charge >= 0.3 is 0 Å². The van der Waals surface area contributed by atoms with Crippen LogP contribution in [0.25, 0.3) is 0 Å². The Bertz CT molecular complexity index is 448. The molecule has 0 saturated carbocycles. The zero-order valence-electron chi connectivity index (χ0n) is 11.8. The van der Waals surface area contributed by atoms with E-state index in [-0.39, 0.29) is 5.91 Å². The van der Waals surface area contributed by atoms with E-state index < -0.39 is 0 Å². The van der Waals surface area contributed by atoms with Crippen molar-refractivity contribution < 1.29 is 4.79 Å². The highest BCUT2D eigenvalue weighted by Crippen LogP contribution is 2.22. The van der Waals surface area contributed by atoms with Crippen molar-refractivity contribution >= 4 is 28.8 Å². The molecule has 1 heterocycles. The lowest BCUT2D eigenvalue weighted by Gasteiger charge is -2.24. The molecule has 20 heavy (non-hydrogen) atoms. The number of rotatable bonds is 9. The first-order chi connectivity index (χ1) is 9.60. The summed E-state index contributed by atoms with van der Waals surface area (Å²) in [7, 11) is 0. The van der Waals surface area contributed by atoms with Crippen molar-refractivity contribution in [1.82, 2.24) is 9.80 Å². The summed E-state index contributed by atoms with van der Waals surface area (Å²) >= 11 is 7.48. The van der Waals surface area contributed by atoms with E-state index in [4.69, 9.17) is 11.6 Å². The van der Waals surface area contributed by atoms with E-state index in [2.05, 4.69) is 18.1 Å². The number of nitrogens with zero attached hydrogens (tertiary/aromatic N) is 2. The van der Waals surface area contributed by atoms with Gasteiger partial charge in [0, 0.05) is 24.5 Å². The van der Waals surface area contributed by atoms with E-state index in [1.807, 2.05) is 19.1 Å². The predicted molar refractivity (Wildman–Crippen MR) is 87.3 cm³/mol. The first-order valence-corrected chi connectivity index (χ1v) is 7.76. The zero-order chi connectivity index (χ0) is 15.0. The summed E-state index contributed by atoms with van der Waals surface area (Å²) in [6.45, 7) is 12.5. The number of carbonyl (C=O) groups excluding carboxylic acids is 1. The molecule has 0 radical (unpaired) electrons. The Morgan fingerprint density at radius 3 is 2.45 bits per heavy atom. The van der Waals surface area contributed by atoms with Crippen molar-refractivity contribution in [3.63, 3.8) is 0 Å². The van der Waals surface area contributed by atoms with Crippen LogP contribution in [-0.4, -0.2) is 41.9 Å². The fourth-order valence-corrected chi connectivity index (χ4v) is 2.95. The largest absolute Gasteiger partial charge is 0.334 e. The fraction of sp³-hybridized carbons (Fsp3) is 0.400. The van der Waals surface area contributed by atoms with Gasteiger partial charge in [-0.1, -0.05) is 30.7 Å². The first-order valence-electron chi connectivity index (χ1n) is 6.56. The third kappa shape index (κ3) is 5.49. The summed E-state index contributed by atoms with van der Waals surface area (Å²) in [5, 5.41) is 0. The molecule has 5 heteroatoms. The quantitative estimate of drug-likeness (QED) is 0.652. The minimum atomic E-state index is 0.0919. The highest BCUT2D eigenvalue weighted by molar-refractivity contribution is 7.16. The van der Waals surface area contributed by atoms with Crippen molar-refractivity contribution in [3.8, 4) is 0 Å². The third-order valence-corrected chi connectivity index (χ3v) is 4.08. The molecule has 0 aliphatic heterocycles. The summed E-state index contributed by atoms with van der Waals surface area (Å²) in [6, 6.07) is 3.89. The molecule has 1 amide bonds. The van der Waals surface area contributed by atoms with Crippen LogP contribution in [0.3, 0.4) is 0 Å². The highest BCUT2D eigenvalue weighted by Gasteiger charge is 2.15. The molecule has 0 aromatic carbocycles. The van der Waals surface area contributed by atoms with Crippen LogP contribution in [0.15, 0.2) is 37.4 Å². The molecule has 0 saturated heterocycles. The van der Waals surface area contributed by atoms with Crippen molar-refractivity contribution in [2.75, 3.05) is 26.2 Å². The van der Waals surface area contributed by atoms with E-state index in [1.165, 1.54) is 4.88 Å². The van der Waals surface area contributed by atoms with Gasteiger partial charge < -0.3 is 4.90 Å². The number of likely N-dealkylation sites (N-methyl/N-ethyl adjacent to an activating group) is 1. The number of halogens is 1. The molecule has 0 aliphatic carbocycles. The summed E-state index contributed by atoms with van der Waals surface area (Å²) in [4.78, 5) is 17.3. The van der Waals surface area contributed by atoms with E-state index in [9.17, 15) is 4.79 Å². The Morgan fingerprint density at radius 2 is 2.00 bits per heavy atom. The lowest BCUT2D eigenvalue weighted by atomic mass is 10.3. The van der Waals surface area contributed by atoms with Gasteiger partial charge in [0.25, 0.3) is 0 Å². The number of thiophene rings is 1. The average Bonchev–Trinajstić information content (AvgIpc) is 2.83. The summed E-state index contributed by atoms with van der Waals surface area (Å²) in [5.41, 5.74) is 0. The van der Waals surface area contributed by atoms with E-state index >= 15 is 0 Å². The lowest BCUT2D eigenvalue weighted by Crippen LogP contribution is -2.40. The molecular weight excluding hydrogens is 292 g/mol. The van der Waals surface area contributed by atoms with Gasteiger partial charge in [0.05, 0.1) is 10.9 Å². The summed E-state index contributed by atoms with van der Waals surface area (Å²) in [5.74, 6) is 0.0919. The Balaban J connectivity index is 2.59. The average molecular weight is 313 g/mol. The Hall–Kier alpha value is -1.10. The molecule has 110 valence electrons. The monoisotopic (exact) mass is 312 g/mol.